The summed E-state index contributed by atoms with van der Waals surface area (Å²) in [6.45, 7) is 6.44. The van der Waals surface area contributed by atoms with Gasteiger partial charge in [-0.3, -0.25) is 9.97 Å². The molecular formula is C21H25N3. The summed E-state index contributed by atoms with van der Waals surface area (Å²) >= 11 is 0. The van der Waals surface area contributed by atoms with Gasteiger partial charge in [0, 0.05) is 41.3 Å². The average molecular weight is 319 g/mol. The van der Waals surface area contributed by atoms with Gasteiger partial charge in [-0.2, -0.15) is 0 Å². The van der Waals surface area contributed by atoms with Gasteiger partial charge in [0.2, 0.25) is 0 Å². The molecule has 2 aromatic heterocycles. The van der Waals surface area contributed by atoms with E-state index in [2.05, 4.69) is 42.3 Å². The van der Waals surface area contributed by atoms with E-state index in [1.54, 1.807) is 5.57 Å². The summed E-state index contributed by atoms with van der Waals surface area (Å²) in [6, 6.07) is 7.17. The van der Waals surface area contributed by atoms with E-state index in [9.17, 15) is 0 Å². The zero-order valence-electron chi connectivity index (χ0n) is 14.8. The lowest BCUT2D eigenvalue weighted by Crippen LogP contribution is -2.20. The molecule has 1 aliphatic heterocycles. The topological polar surface area (TPSA) is 37.8 Å². The monoisotopic (exact) mass is 319 g/mol. The van der Waals surface area contributed by atoms with Crippen LogP contribution in [0, 0.1) is 13.8 Å². The van der Waals surface area contributed by atoms with Crippen molar-refractivity contribution in [3.8, 4) is 0 Å². The maximum absolute atomic E-state index is 4.82. The molecule has 0 bridgehead atoms. The molecule has 0 saturated heterocycles. The molecule has 0 spiro atoms. The van der Waals surface area contributed by atoms with Crippen LogP contribution in [0.5, 0.6) is 0 Å². The molecule has 2 aromatic rings. The fourth-order valence-corrected chi connectivity index (χ4v) is 4.05. The maximum atomic E-state index is 4.82. The second-order valence-corrected chi connectivity index (χ2v) is 7.42. The van der Waals surface area contributed by atoms with Crippen LogP contribution in [0.1, 0.15) is 60.2 Å². The Morgan fingerprint density at radius 1 is 1.12 bits per heavy atom. The fourth-order valence-electron chi connectivity index (χ4n) is 4.05. The van der Waals surface area contributed by atoms with Crippen LogP contribution in [0.25, 0.3) is 5.70 Å². The fraction of sp³-hybridized carbons (Fsp3) is 0.429. The van der Waals surface area contributed by atoms with Gasteiger partial charge in [-0.05, 0) is 75.3 Å². The Morgan fingerprint density at radius 2 is 2.00 bits per heavy atom. The highest BCUT2D eigenvalue weighted by atomic mass is 15.0. The lowest BCUT2D eigenvalue weighted by Gasteiger charge is -2.26. The van der Waals surface area contributed by atoms with Crippen LogP contribution >= 0.6 is 0 Å². The number of nitrogens with one attached hydrogen (secondary N) is 1. The summed E-state index contributed by atoms with van der Waals surface area (Å²) in [5, 5.41) is 3.67. The van der Waals surface area contributed by atoms with Gasteiger partial charge in [0.15, 0.2) is 0 Å². The normalized spacial score (nSPS) is 22.1. The Labute approximate surface area is 144 Å². The van der Waals surface area contributed by atoms with Crippen molar-refractivity contribution < 1.29 is 0 Å². The Kier molecular flexibility index (Phi) is 3.87. The first-order chi connectivity index (χ1) is 11.6. The quantitative estimate of drug-likeness (QED) is 0.916. The van der Waals surface area contributed by atoms with E-state index in [4.69, 9.17) is 4.98 Å². The molecule has 124 valence electrons. The molecule has 4 rings (SSSR count). The molecule has 1 aliphatic carbocycles. The molecule has 24 heavy (non-hydrogen) atoms. The first kappa shape index (κ1) is 15.4. The molecule has 1 N–H and O–H groups in total. The Bertz CT molecular complexity index is 789. The molecule has 3 heteroatoms. The SMILES string of the molecule is Cc1cnc2c(c1)C1=C(CC(C)N1)CC2CCc1ccc(C)nc1. The molecule has 2 unspecified atom stereocenters. The van der Waals surface area contributed by atoms with Crippen molar-refractivity contribution >= 4 is 5.70 Å². The third-order valence-electron chi connectivity index (χ3n) is 5.26. The highest BCUT2D eigenvalue weighted by Gasteiger charge is 2.32. The Balaban J connectivity index is 1.60. The van der Waals surface area contributed by atoms with Crippen molar-refractivity contribution in [3.63, 3.8) is 0 Å². The maximum Gasteiger partial charge on any atom is 0.0530 e. The number of aromatic nitrogens is 2. The zero-order chi connectivity index (χ0) is 16.7. The number of aryl methyl sites for hydroxylation is 3. The number of fused-ring (bicyclic) bond motifs is 2. The molecule has 0 amide bonds. The van der Waals surface area contributed by atoms with Crippen molar-refractivity contribution in [2.45, 2.75) is 58.4 Å². The lowest BCUT2D eigenvalue weighted by atomic mass is 9.81. The van der Waals surface area contributed by atoms with E-state index < -0.39 is 0 Å². The molecule has 2 aliphatic rings. The first-order valence-corrected chi connectivity index (χ1v) is 8.97. The number of hydrogen-bond acceptors (Lipinski definition) is 3. The summed E-state index contributed by atoms with van der Waals surface area (Å²) < 4.78 is 0. The number of pyridine rings is 2. The smallest absolute Gasteiger partial charge is 0.0530 e. The van der Waals surface area contributed by atoms with E-state index in [1.165, 1.54) is 34.5 Å². The second kappa shape index (κ2) is 6.04. The first-order valence-electron chi connectivity index (χ1n) is 8.97. The predicted octanol–water partition coefficient (Wildman–Crippen LogP) is 4.31. The molecule has 0 radical (unpaired) electrons. The van der Waals surface area contributed by atoms with Gasteiger partial charge < -0.3 is 5.32 Å². The largest absolute Gasteiger partial charge is 0.382 e. The number of nitrogens with zero attached hydrogens (tertiary/aromatic N) is 2. The van der Waals surface area contributed by atoms with Gasteiger partial charge in [-0.15, -0.1) is 0 Å². The van der Waals surface area contributed by atoms with Crippen LogP contribution < -0.4 is 5.32 Å². The van der Waals surface area contributed by atoms with Gasteiger partial charge >= 0.3 is 0 Å². The summed E-state index contributed by atoms with van der Waals surface area (Å²) in [5.41, 5.74) is 9.22. The summed E-state index contributed by atoms with van der Waals surface area (Å²) in [7, 11) is 0. The Hall–Kier alpha value is -2.16. The van der Waals surface area contributed by atoms with Gasteiger partial charge in [-0.1, -0.05) is 6.07 Å². The molecule has 0 fully saturated rings. The molecule has 0 aromatic carbocycles. The molecule has 3 heterocycles. The van der Waals surface area contributed by atoms with E-state index >= 15 is 0 Å². The summed E-state index contributed by atoms with van der Waals surface area (Å²) in [6.07, 6.45) is 8.56. The number of hydrogen-bond donors (Lipinski definition) is 1. The molecule has 2 atom stereocenters. The van der Waals surface area contributed by atoms with Crippen molar-refractivity contribution in [1.82, 2.24) is 15.3 Å². The van der Waals surface area contributed by atoms with Crippen LogP contribution in [0.3, 0.4) is 0 Å². The lowest BCUT2D eigenvalue weighted by molar-refractivity contribution is 0.583. The van der Waals surface area contributed by atoms with E-state index in [-0.39, 0.29) is 0 Å². The van der Waals surface area contributed by atoms with Crippen LogP contribution in [0.2, 0.25) is 0 Å². The number of rotatable bonds is 3. The summed E-state index contributed by atoms with van der Waals surface area (Å²) in [4.78, 5) is 9.25. The van der Waals surface area contributed by atoms with Gasteiger partial charge in [0.05, 0.1) is 5.69 Å². The van der Waals surface area contributed by atoms with Crippen molar-refractivity contribution in [3.05, 3.63) is 64.2 Å². The highest BCUT2D eigenvalue weighted by Crippen LogP contribution is 2.43. The minimum Gasteiger partial charge on any atom is -0.382 e. The standard InChI is InChI=1S/C21H25N3/c1-13-8-19-20(23-11-13)17(10-18-9-15(3)24-21(18)19)7-6-16-5-4-14(2)22-12-16/h4-5,8,11-12,15,17,24H,6-7,9-10H2,1-3H3. The third kappa shape index (κ3) is 2.83. The van der Waals surface area contributed by atoms with Crippen molar-refractivity contribution in [2.24, 2.45) is 0 Å². The van der Waals surface area contributed by atoms with Crippen molar-refractivity contribution in [2.75, 3.05) is 0 Å². The molecular weight excluding hydrogens is 294 g/mol. The van der Waals surface area contributed by atoms with E-state index in [1.807, 2.05) is 19.3 Å². The van der Waals surface area contributed by atoms with Crippen molar-refractivity contribution in [1.29, 1.82) is 0 Å². The van der Waals surface area contributed by atoms with Crippen LogP contribution in [-0.4, -0.2) is 16.0 Å². The van der Waals surface area contributed by atoms with Gasteiger partial charge in [0.25, 0.3) is 0 Å². The second-order valence-electron chi connectivity index (χ2n) is 7.42. The van der Waals surface area contributed by atoms with E-state index in [0.717, 1.165) is 25.0 Å². The minimum absolute atomic E-state index is 0.521. The molecule has 3 nitrogen and oxygen atoms in total. The van der Waals surface area contributed by atoms with Gasteiger partial charge in [0.1, 0.15) is 0 Å². The predicted molar refractivity (Wildman–Crippen MR) is 97.8 cm³/mol. The minimum atomic E-state index is 0.521. The van der Waals surface area contributed by atoms with E-state index in [0.29, 0.717) is 12.0 Å². The van der Waals surface area contributed by atoms with Crippen LogP contribution in [0.4, 0.5) is 0 Å². The summed E-state index contributed by atoms with van der Waals surface area (Å²) in [5.74, 6) is 0.521. The molecule has 0 saturated carbocycles. The third-order valence-corrected chi connectivity index (χ3v) is 5.26. The average Bonchev–Trinajstić information content (AvgIpc) is 2.94. The zero-order valence-corrected chi connectivity index (χ0v) is 14.8. The van der Waals surface area contributed by atoms with Crippen LogP contribution in [-0.2, 0) is 6.42 Å². The van der Waals surface area contributed by atoms with Gasteiger partial charge in [-0.25, -0.2) is 0 Å². The van der Waals surface area contributed by atoms with Crippen LogP contribution in [0.15, 0.2) is 36.2 Å². The Morgan fingerprint density at radius 3 is 2.79 bits per heavy atom. The highest BCUT2D eigenvalue weighted by molar-refractivity contribution is 5.74.